The van der Waals surface area contributed by atoms with Gasteiger partial charge in [0.2, 0.25) is 0 Å². The molecular formula is C16H17Cl2NO. The fourth-order valence-corrected chi connectivity index (χ4v) is 3.37. The average molecular weight is 310 g/mol. The van der Waals surface area contributed by atoms with Gasteiger partial charge in [-0.15, -0.1) is 0 Å². The van der Waals surface area contributed by atoms with Crippen LogP contribution in [0.3, 0.4) is 0 Å². The monoisotopic (exact) mass is 309 g/mol. The minimum atomic E-state index is -0.338. The number of rotatable bonds is 2. The topological polar surface area (TPSA) is 25.2 Å². The summed E-state index contributed by atoms with van der Waals surface area (Å²) >= 11 is 12.4. The Hall–Kier alpha value is -0.960. The van der Waals surface area contributed by atoms with Crippen molar-refractivity contribution >= 4 is 23.2 Å². The molecule has 20 heavy (non-hydrogen) atoms. The molecule has 1 aromatic carbocycles. The van der Waals surface area contributed by atoms with Crippen LogP contribution in [0.5, 0.6) is 0 Å². The Bertz CT molecular complexity index is 601. The van der Waals surface area contributed by atoms with Gasteiger partial charge in [0.15, 0.2) is 0 Å². The molecule has 1 aliphatic rings. The number of hydrogen-bond acceptors (Lipinski definition) is 1. The molecule has 1 aliphatic carbocycles. The van der Waals surface area contributed by atoms with Crippen molar-refractivity contribution < 1.29 is 5.11 Å². The molecule has 1 aromatic heterocycles. The third-order valence-corrected chi connectivity index (χ3v) is 4.64. The fraction of sp³-hybridized carbons (Fsp3) is 0.375. The van der Waals surface area contributed by atoms with Crippen LogP contribution >= 0.6 is 23.2 Å². The molecule has 2 aromatic rings. The lowest BCUT2D eigenvalue weighted by molar-refractivity contribution is 0.166. The Morgan fingerprint density at radius 1 is 1.15 bits per heavy atom. The molecule has 3 rings (SSSR count). The van der Waals surface area contributed by atoms with E-state index in [1.165, 1.54) is 5.56 Å². The summed E-state index contributed by atoms with van der Waals surface area (Å²) in [6.07, 6.45) is 7.93. The van der Waals surface area contributed by atoms with E-state index in [0.29, 0.717) is 16.6 Å². The SMILES string of the molecule is OC1CCCCc2cn(Cc3c(Cl)cccc3Cl)cc21. The highest BCUT2D eigenvalue weighted by atomic mass is 35.5. The largest absolute Gasteiger partial charge is 0.388 e. The zero-order valence-electron chi connectivity index (χ0n) is 11.1. The van der Waals surface area contributed by atoms with Crippen molar-refractivity contribution in [3.8, 4) is 0 Å². The van der Waals surface area contributed by atoms with E-state index in [1.807, 2.05) is 24.4 Å². The summed E-state index contributed by atoms with van der Waals surface area (Å²) < 4.78 is 2.08. The second-order valence-electron chi connectivity index (χ2n) is 5.37. The van der Waals surface area contributed by atoms with Gasteiger partial charge < -0.3 is 9.67 Å². The fourth-order valence-electron chi connectivity index (χ4n) is 2.85. The molecule has 0 aliphatic heterocycles. The maximum absolute atomic E-state index is 10.2. The normalized spacial score (nSPS) is 18.6. The first-order valence-electron chi connectivity index (χ1n) is 6.94. The van der Waals surface area contributed by atoms with Crippen molar-refractivity contribution in [2.45, 2.75) is 38.3 Å². The molecule has 0 saturated carbocycles. The van der Waals surface area contributed by atoms with E-state index in [1.54, 1.807) is 0 Å². The Balaban J connectivity index is 1.91. The standard InChI is InChI=1S/C16H17Cl2NO/c17-14-5-3-6-15(18)13(14)10-19-8-11-4-1-2-7-16(20)12(11)9-19/h3,5-6,8-9,16,20H,1-2,4,7,10H2. The number of halogens is 2. The quantitative estimate of drug-likeness (QED) is 0.806. The van der Waals surface area contributed by atoms with E-state index in [2.05, 4.69) is 10.8 Å². The lowest BCUT2D eigenvalue weighted by Gasteiger charge is -2.09. The summed E-state index contributed by atoms with van der Waals surface area (Å²) in [7, 11) is 0. The summed E-state index contributed by atoms with van der Waals surface area (Å²) in [5.41, 5.74) is 3.24. The van der Waals surface area contributed by atoms with Gasteiger partial charge in [-0.2, -0.15) is 0 Å². The van der Waals surface area contributed by atoms with Gasteiger partial charge in [-0.1, -0.05) is 35.7 Å². The molecule has 0 fully saturated rings. The second kappa shape index (κ2) is 5.80. The second-order valence-corrected chi connectivity index (χ2v) is 6.19. The number of nitrogens with zero attached hydrogens (tertiary/aromatic N) is 1. The maximum Gasteiger partial charge on any atom is 0.0807 e. The summed E-state index contributed by atoms with van der Waals surface area (Å²) in [6.45, 7) is 0.637. The predicted molar refractivity (Wildman–Crippen MR) is 82.5 cm³/mol. The van der Waals surface area contributed by atoms with Crippen LogP contribution in [-0.4, -0.2) is 9.67 Å². The molecule has 4 heteroatoms. The van der Waals surface area contributed by atoms with Gasteiger partial charge in [0.1, 0.15) is 0 Å². The van der Waals surface area contributed by atoms with Gasteiger partial charge in [-0.25, -0.2) is 0 Å². The van der Waals surface area contributed by atoms with Gasteiger partial charge in [0.25, 0.3) is 0 Å². The average Bonchev–Trinajstić information content (AvgIpc) is 2.74. The van der Waals surface area contributed by atoms with Crippen molar-refractivity contribution in [3.05, 3.63) is 57.3 Å². The number of aromatic nitrogens is 1. The Labute approximate surface area is 128 Å². The lowest BCUT2D eigenvalue weighted by Crippen LogP contribution is -1.99. The van der Waals surface area contributed by atoms with Crippen molar-refractivity contribution in [1.29, 1.82) is 0 Å². The Morgan fingerprint density at radius 2 is 1.90 bits per heavy atom. The highest BCUT2D eigenvalue weighted by Crippen LogP contribution is 2.31. The molecule has 0 radical (unpaired) electrons. The first-order valence-corrected chi connectivity index (χ1v) is 7.70. The van der Waals surface area contributed by atoms with Crippen LogP contribution in [0.2, 0.25) is 10.0 Å². The van der Waals surface area contributed by atoms with Crippen molar-refractivity contribution in [3.63, 3.8) is 0 Å². The van der Waals surface area contributed by atoms with Gasteiger partial charge in [0, 0.05) is 40.1 Å². The van der Waals surface area contributed by atoms with E-state index >= 15 is 0 Å². The summed E-state index contributed by atoms with van der Waals surface area (Å²) in [6, 6.07) is 5.56. The molecule has 0 saturated heterocycles. The number of aryl methyl sites for hydroxylation is 1. The summed E-state index contributed by atoms with van der Waals surface area (Å²) in [5, 5.41) is 11.5. The van der Waals surface area contributed by atoms with Gasteiger partial charge in [-0.05, 0) is 37.0 Å². The van der Waals surface area contributed by atoms with Crippen LogP contribution in [0.4, 0.5) is 0 Å². The molecule has 106 valence electrons. The minimum absolute atomic E-state index is 0.338. The predicted octanol–water partition coefficient (Wildman–Crippen LogP) is 4.60. The first kappa shape index (κ1) is 14.0. The number of fused-ring (bicyclic) bond motifs is 1. The number of benzene rings is 1. The van der Waals surface area contributed by atoms with Crippen molar-refractivity contribution in [2.75, 3.05) is 0 Å². The smallest absolute Gasteiger partial charge is 0.0807 e. The highest BCUT2D eigenvalue weighted by Gasteiger charge is 2.18. The number of aliphatic hydroxyl groups is 1. The van der Waals surface area contributed by atoms with Crippen LogP contribution in [0.1, 0.15) is 42.1 Å². The third kappa shape index (κ3) is 2.73. The van der Waals surface area contributed by atoms with E-state index < -0.39 is 0 Å². The van der Waals surface area contributed by atoms with Crippen molar-refractivity contribution in [2.24, 2.45) is 0 Å². The van der Waals surface area contributed by atoms with Crippen LogP contribution in [0, 0.1) is 0 Å². The zero-order chi connectivity index (χ0) is 14.1. The Morgan fingerprint density at radius 3 is 2.65 bits per heavy atom. The molecule has 0 amide bonds. The minimum Gasteiger partial charge on any atom is -0.388 e. The molecule has 1 atom stereocenters. The van der Waals surface area contributed by atoms with Crippen LogP contribution < -0.4 is 0 Å². The first-order chi connectivity index (χ1) is 9.65. The van der Waals surface area contributed by atoms with Gasteiger partial charge >= 0.3 is 0 Å². The molecule has 1 heterocycles. The van der Waals surface area contributed by atoms with Crippen LogP contribution in [0.15, 0.2) is 30.6 Å². The molecule has 1 N–H and O–H groups in total. The van der Waals surface area contributed by atoms with Crippen molar-refractivity contribution in [1.82, 2.24) is 4.57 Å². The third-order valence-electron chi connectivity index (χ3n) is 3.93. The van der Waals surface area contributed by atoms with E-state index in [9.17, 15) is 5.11 Å². The Kier molecular flexibility index (Phi) is 4.06. The van der Waals surface area contributed by atoms with Gasteiger partial charge in [-0.3, -0.25) is 0 Å². The van der Waals surface area contributed by atoms with E-state index in [0.717, 1.165) is 36.8 Å². The number of aliphatic hydroxyl groups excluding tert-OH is 1. The maximum atomic E-state index is 10.2. The highest BCUT2D eigenvalue weighted by molar-refractivity contribution is 6.35. The summed E-state index contributed by atoms with van der Waals surface area (Å²) in [5.74, 6) is 0. The molecule has 2 nitrogen and oxygen atoms in total. The van der Waals surface area contributed by atoms with Crippen LogP contribution in [0.25, 0.3) is 0 Å². The molecule has 0 bridgehead atoms. The number of hydrogen-bond donors (Lipinski definition) is 1. The molecular weight excluding hydrogens is 293 g/mol. The zero-order valence-corrected chi connectivity index (χ0v) is 12.7. The van der Waals surface area contributed by atoms with E-state index in [4.69, 9.17) is 23.2 Å². The van der Waals surface area contributed by atoms with Crippen LogP contribution in [-0.2, 0) is 13.0 Å². The molecule has 1 unspecified atom stereocenters. The van der Waals surface area contributed by atoms with Gasteiger partial charge in [0.05, 0.1) is 6.10 Å². The lowest BCUT2D eigenvalue weighted by atomic mass is 10.1. The molecule has 0 spiro atoms. The summed E-state index contributed by atoms with van der Waals surface area (Å²) in [4.78, 5) is 0. The van der Waals surface area contributed by atoms with E-state index in [-0.39, 0.29) is 6.10 Å².